The topological polar surface area (TPSA) is 141 Å². The van der Waals surface area contributed by atoms with Gasteiger partial charge >= 0.3 is 0 Å². The van der Waals surface area contributed by atoms with Crippen LogP contribution in [-0.4, -0.2) is 57.0 Å². The lowest BCUT2D eigenvalue weighted by atomic mass is 9.77. The minimum absolute atomic E-state index is 0.142. The SMILES string of the molecule is O=C1[C@@H]2[C@@H](N=NN2CC(=O)N2N=C3/C(=C/c4ccc(F)cc4)CCC[C@@H]3[C@@H]2c2ccc(F)cc2)C(=O)N1c1ccc([N+](=O)[O-])cc1. The Kier molecular flexibility index (Phi) is 7.18. The molecule has 3 aromatic carbocycles. The number of carbonyl (C=O) groups excluding carboxylic acids is 3. The van der Waals surface area contributed by atoms with Crippen molar-refractivity contribution >= 4 is 40.9 Å². The zero-order chi connectivity index (χ0) is 32.1. The van der Waals surface area contributed by atoms with E-state index in [0.717, 1.165) is 33.9 Å². The molecular formula is C32H25F2N7O5. The van der Waals surface area contributed by atoms with Gasteiger partial charge in [0.05, 0.1) is 22.4 Å². The lowest BCUT2D eigenvalue weighted by Crippen LogP contribution is -2.45. The van der Waals surface area contributed by atoms with Crippen molar-refractivity contribution in [2.45, 2.75) is 37.4 Å². The smallest absolute Gasteiger partial charge is 0.269 e. The predicted molar refractivity (Wildman–Crippen MR) is 160 cm³/mol. The average molecular weight is 626 g/mol. The van der Waals surface area contributed by atoms with Crippen molar-refractivity contribution < 1.29 is 28.1 Å². The quantitative estimate of drug-likeness (QED) is 0.215. The van der Waals surface area contributed by atoms with Crippen molar-refractivity contribution in [2.75, 3.05) is 11.4 Å². The fourth-order valence-electron chi connectivity index (χ4n) is 6.50. The van der Waals surface area contributed by atoms with Gasteiger partial charge < -0.3 is 0 Å². The number of halogens is 2. The summed E-state index contributed by atoms with van der Waals surface area (Å²) in [6.45, 7) is -0.421. The third kappa shape index (κ3) is 5.01. The first-order chi connectivity index (χ1) is 22.2. The van der Waals surface area contributed by atoms with Crippen molar-refractivity contribution in [3.63, 3.8) is 0 Å². The fraction of sp³-hybridized carbons (Fsp3) is 0.250. The highest BCUT2D eigenvalue weighted by atomic mass is 19.1. The highest BCUT2D eigenvalue weighted by Crippen LogP contribution is 2.45. The Balaban J connectivity index is 1.17. The summed E-state index contributed by atoms with van der Waals surface area (Å²) in [5.41, 5.74) is 3.02. The molecule has 0 spiro atoms. The standard InChI is InChI=1S/C32H25F2N7O5/c33-21-8-4-18(5-9-21)16-20-2-1-3-25-27(20)36-40(29(25)19-6-10-22(34)11-7-19)26(42)17-38-30-28(35-37-38)31(43)39(32(30)44)23-12-14-24(15-13-23)41(45)46/h4-16,25,28-30H,1-3,17H2/b20-16+/t25-,28+,29-,30-/m0/s1. The number of fused-ring (bicyclic) bond motifs is 2. The molecule has 46 heavy (non-hydrogen) atoms. The summed E-state index contributed by atoms with van der Waals surface area (Å²) in [4.78, 5) is 52.0. The van der Waals surface area contributed by atoms with E-state index in [1.807, 2.05) is 6.08 Å². The van der Waals surface area contributed by atoms with Gasteiger partial charge in [-0.1, -0.05) is 29.5 Å². The lowest BCUT2D eigenvalue weighted by molar-refractivity contribution is -0.384. The Morgan fingerprint density at radius 3 is 2.28 bits per heavy atom. The van der Waals surface area contributed by atoms with Crippen molar-refractivity contribution in [1.29, 1.82) is 0 Å². The number of anilines is 1. The maximum atomic E-state index is 14.0. The highest BCUT2D eigenvalue weighted by Gasteiger charge is 2.55. The van der Waals surface area contributed by atoms with E-state index in [-0.39, 0.29) is 23.1 Å². The first-order valence-corrected chi connectivity index (χ1v) is 14.6. The maximum absolute atomic E-state index is 14.0. The van der Waals surface area contributed by atoms with E-state index in [1.165, 1.54) is 53.5 Å². The number of carbonyl (C=O) groups is 3. The van der Waals surface area contributed by atoms with E-state index in [1.54, 1.807) is 24.3 Å². The molecule has 1 aliphatic carbocycles. The van der Waals surface area contributed by atoms with Gasteiger partial charge in [-0.05, 0) is 78.4 Å². The number of hydrogen-bond acceptors (Lipinski definition) is 9. The molecule has 0 N–H and O–H groups in total. The minimum atomic E-state index is -1.18. The summed E-state index contributed by atoms with van der Waals surface area (Å²) in [7, 11) is 0. The van der Waals surface area contributed by atoms with E-state index >= 15 is 0 Å². The molecule has 7 rings (SSSR count). The first-order valence-electron chi connectivity index (χ1n) is 14.6. The summed E-state index contributed by atoms with van der Waals surface area (Å²) in [6, 6.07) is 14.0. The van der Waals surface area contributed by atoms with E-state index in [0.29, 0.717) is 17.7 Å². The first kappa shape index (κ1) is 29.1. The van der Waals surface area contributed by atoms with Crippen molar-refractivity contribution in [3.8, 4) is 0 Å². The number of allylic oxidation sites excluding steroid dienone is 1. The van der Waals surface area contributed by atoms with Gasteiger partial charge in [-0.2, -0.15) is 10.2 Å². The van der Waals surface area contributed by atoms with E-state index < -0.39 is 53.1 Å². The number of imide groups is 1. The Hall–Kier alpha value is -5.66. The van der Waals surface area contributed by atoms with Crippen LogP contribution in [0.2, 0.25) is 0 Å². The monoisotopic (exact) mass is 625 g/mol. The predicted octanol–water partition coefficient (Wildman–Crippen LogP) is 4.99. The molecule has 1 saturated heterocycles. The van der Waals surface area contributed by atoms with E-state index in [2.05, 4.69) is 10.3 Å². The second-order valence-corrected chi connectivity index (χ2v) is 11.4. The summed E-state index contributed by atoms with van der Waals surface area (Å²) >= 11 is 0. The number of nitro benzene ring substituents is 1. The lowest BCUT2D eigenvalue weighted by Gasteiger charge is -2.30. The molecule has 4 aliphatic rings. The molecule has 0 unspecified atom stereocenters. The van der Waals surface area contributed by atoms with Crippen LogP contribution in [0.3, 0.4) is 0 Å². The van der Waals surface area contributed by atoms with Crippen LogP contribution in [0, 0.1) is 27.7 Å². The van der Waals surface area contributed by atoms with Gasteiger partial charge in [0.1, 0.15) is 18.2 Å². The molecule has 3 amide bonds. The molecule has 14 heteroatoms. The normalized spacial score (nSPS) is 24.4. The van der Waals surface area contributed by atoms with Gasteiger partial charge in [0.2, 0.25) is 0 Å². The number of amides is 3. The molecule has 3 heterocycles. The number of rotatable bonds is 6. The molecule has 3 aromatic rings. The summed E-state index contributed by atoms with van der Waals surface area (Å²) in [6.07, 6.45) is 4.16. The molecule has 2 fully saturated rings. The maximum Gasteiger partial charge on any atom is 0.269 e. The summed E-state index contributed by atoms with van der Waals surface area (Å²) in [5.74, 6) is -2.81. The second-order valence-electron chi connectivity index (χ2n) is 11.4. The molecule has 4 atom stereocenters. The van der Waals surface area contributed by atoms with Crippen LogP contribution < -0.4 is 4.90 Å². The van der Waals surface area contributed by atoms with Crippen molar-refractivity contribution in [2.24, 2.45) is 21.4 Å². The van der Waals surface area contributed by atoms with E-state index in [4.69, 9.17) is 5.10 Å². The molecule has 0 aromatic heterocycles. The Labute approximate surface area is 260 Å². The number of hydrogen-bond donors (Lipinski definition) is 0. The van der Waals surface area contributed by atoms with Gasteiger partial charge in [0, 0.05) is 18.1 Å². The van der Waals surface area contributed by atoms with Gasteiger partial charge in [-0.15, -0.1) is 0 Å². The Bertz CT molecular complexity index is 1840. The molecular weight excluding hydrogens is 600 g/mol. The van der Waals surface area contributed by atoms with Crippen LogP contribution in [0.15, 0.2) is 93.8 Å². The Morgan fingerprint density at radius 2 is 1.61 bits per heavy atom. The van der Waals surface area contributed by atoms with Gasteiger partial charge in [-0.3, -0.25) is 29.5 Å². The van der Waals surface area contributed by atoms with Crippen molar-refractivity contribution in [3.05, 3.63) is 111 Å². The third-order valence-electron chi connectivity index (χ3n) is 8.65. The fourth-order valence-corrected chi connectivity index (χ4v) is 6.50. The van der Waals surface area contributed by atoms with Crippen LogP contribution >= 0.6 is 0 Å². The van der Waals surface area contributed by atoms with Gasteiger partial charge in [0.25, 0.3) is 23.4 Å². The second kappa shape index (κ2) is 11.4. The summed E-state index contributed by atoms with van der Waals surface area (Å²) < 4.78 is 27.4. The molecule has 12 nitrogen and oxygen atoms in total. The van der Waals surface area contributed by atoms with Crippen LogP contribution in [-0.2, 0) is 14.4 Å². The van der Waals surface area contributed by atoms with Crippen LogP contribution in [0.25, 0.3) is 6.08 Å². The number of nitro groups is 1. The molecule has 0 radical (unpaired) electrons. The molecule has 3 aliphatic heterocycles. The van der Waals surface area contributed by atoms with E-state index in [9.17, 15) is 33.3 Å². The molecule has 1 saturated carbocycles. The zero-order valence-corrected chi connectivity index (χ0v) is 24.1. The Morgan fingerprint density at radius 1 is 0.935 bits per heavy atom. The molecule has 0 bridgehead atoms. The number of non-ortho nitro benzene ring substituents is 1. The van der Waals surface area contributed by atoms with Crippen LogP contribution in [0.1, 0.15) is 36.4 Å². The zero-order valence-electron chi connectivity index (χ0n) is 24.1. The van der Waals surface area contributed by atoms with Gasteiger partial charge in [-0.25, -0.2) is 18.7 Å². The number of nitrogens with zero attached hydrogens (tertiary/aromatic N) is 7. The van der Waals surface area contributed by atoms with Crippen LogP contribution in [0.5, 0.6) is 0 Å². The van der Waals surface area contributed by atoms with Gasteiger partial charge in [0.15, 0.2) is 12.1 Å². The van der Waals surface area contributed by atoms with Crippen LogP contribution in [0.4, 0.5) is 20.2 Å². The number of hydrazone groups is 1. The third-order valence-corrected chi connectivity index (χ3v) is 8.65. The van der Waals surface area contributed by atoms with Crippen molar-refractivity contribution in [1.82, 2.24) is 10.0 Å². The number of benzene rings is 3. The average Bonchev–Trinajstić information content (AvgIpc) is 3.72. The largest absolute Gasteiger partial charge is 0.271 e. The summed E-state index contributed by atoms with van der Waals surface area (Å²) in [5, 5.41) is 26.3. The highest BCUT2D eigenvalue weighted by molar-refractivity contribution is 6.25. The molecule has 232 valence electrons. The minimum Gasteiger partial charge on any atom is -0.271 e.